The summed E-state index contributed by atoms with van der Waals surface area (Å²) in [6, 6.07) is 1.11. The standard InChI is InChI=1S/C14H18N2O3S/c1-3-4-11-12(17)15-14(19)16(13(11)18)9(2)7-10-5-6-20-8-10/h5-6,8-9,11H,3-4,7H2,1-2H3,(H,15,17,19). The monoisotopic (exact) mass is 294 g/mol. The van der Waals surface area contributed by atoms with Crippen LogP contribution in [0.2, 0.25) is 0 Å². The first-order valence-electron chi connectivity index (χ1n) is 6.73. The zero-order valence-corrected chi connectivity index (χ0v) is 12.4. The van der Waals surface area contributed by atoms with Crippen LogP contribution in [0.1, 0.15) is 32.3 Å². The highest BCUT2D eigenvalue weighted by molar-refractivity contribution is 7.07. The molecule has 1 aromatic heterocycles. The Labute approximate surface area is 122 Å². The second-order valence-corrected chi connectivity index (χ2v) is 5.81. The molecule has 0 aromatic carbocycles. The smallest absolute Gasteiger partial charge is 0.277 e. The van der Waals surface area contributed by atoms with Gasteiger partial charge >= 0.3 is 6.03 Å². The Balaban J connectivity index is 2.14. The topological polar surface area (TPSA) is 66.5 Å². The van der Waals surface area contributed by atoms with E-state index in [0.717, 1.165) is 12.0 Å². The van der Waals surface area contributed by atoms with Crippen molar-refractivity contribution in [1.29, 1.82) is 0 Å². The molecule has 1 fully saturated rings. The van der Waals surface area contributed by atoms with Gasteiger partial charge in [0.2, 0.25) is 11.8 Å². The van der Waals surface area contributed by atoms with Crippen molar-refractivity contribution >= 4 is 29.2 Å². The third-order valence-electron chi connectivity index (χ3n) is 3.43. The molecule has 6 heteroatoms. The normalized spacial score (nSPS) is 21.0. The van der Waals surface area contributed by atoms with E-state index in [2.05, 4.69) is 5.32 Å². The molecule has 2 heterocycles. The van der Waals surface area contributed by atoms with Gasteiger partial charge in [0.15, 0.2) is 0 Å². The molecule has 2 rings (SSSR count). The van der Waals surface area contributed by atoms with Crippen LogP contribution in [0.15, 0.2) is 16.8 Å². The number of thiophene rings is 1. The Hall–Kier alpha value is -1.69. The third kappa shape index (κ3) is 2.90. The number of imide groups is 2. The molecule has 20 heavy (non-hydrogen) atoms. The summed E-state index contributed by atoms with van der Waals surface area (Å²) in [5.74, 6) is -1.58. The van der Waals surface area contributed by atoms with Crippen molar-refractivity contribution in [3.05, 3.63) is 22.4 Å². The second kappa shape index (κ2) is 6.17. The predicted octanol–water partition coefficient (Wildman–Crippen LogP) is 2.17. The van der Waals surface area contributed by atoms with E-state index in [1.165, 1.54) is 4.90 Å². The lowest BCUT2D eigenvalue weighted by Crippen LogP contribution is -2.60. The van der Waals surface area contributed by atoms with Gasteiger partial charge in [-0.25, -0.2) is 4.79 Å². The molecule has 5 nitrogen and oxygen atoms in total. The maximum absolute atomic E-state index is 12.4. The number of rotatable bonds is 5. The quantitative estimate of drug-likeness (QED) is 0.846. The van der Waals surface area contributed by atoms with Crippen LogP contribution in [-0.4, -0.2) is 28.8 Å². The number of carbonyl (C=O) groups is 3. The van der Waals surface area contributed by atoms with E-state index in [1.54, 1.807) is 11.3 Å². The zero-order valence-electron chi connectivity index (χ0n) is 11.6. The van der Waals surface area contributed by atoms with Gasteiger partial charge in [-0.2, -0.15) is 11.3 Å². The molecular formula is C14H18N2O3S. The molecule has 0 bridgehead atoms. The number of nitrogens with one attached hydrogen (secondary N) is 1. The number of amides is 4. The Morgan fingerprint density at radius 2 is 2.15 bits per heavy atom. The van der Waals surface area contributed by atoms with E-state index in [-0.39, 0.29) is 11.9 Å². The molecule has 1 aliphatic rings. The molecule has 2 unspecified atom stereocenters. The molecule has 0 spiro atoms. The van der Waals surface area contributed by atoms with Crippen molar-refractivity contribution in [1.82, 2.24) is 10.2 Å². The van der Waals surface area contributed by atoms with Crippen LogP contribution in [0, 0.1) is 5.92 Å². The first kappa shape index (κ1) is 14.7. The summed E-state index contributed by atoms with van der Waals surface area (Å²) < 4.78 is 0. The maximum Gasteiger partial charge on any atom is 0.331 e. The minimum Gasteiger partial charge on any atom is -0.277 e. The molecule has 1 aromatic rings. The minimum atomic E-state index is -0.734. The lowest BCUT2D eigenvalue weighted by molar-refractivity contribution is -0.144. The summed E-state index contributed by atoms with van der Waals surface area (Å²) in [4.78, 5) is 37.2. The highest BCUT2D eigenvalue weighted by atomic mass is 32.1. The zero-order chi connectivity index (χ0) is 14.7. The van der Waals surface area contributed by atoms with Gasteiger partial charge in [-0.15, -0.1) is 0 Å². The van der Waals surface area contributed by atoms with Gasteiger partial charge in [-0.1, -0.05) is 13.3 Å². The Morgan fingerprint density at radius 1 is 1.40 bits per heavy atom. The van der Waals surface area contributed by atoms with Crippen LogP contribution >= 0.6 is 11.3 Å². The minimum absolute atomic E-state index is 0.260. The summed E-state index contributed by atoms with van der Waals surface area (Å²) in [5.41, 5.74) is 1.09. The first-order valence-corrected chi connectivity index (χ1v) is 7.67. The van der Waals surface area contributed by atoms with Crippen molar-refractivity contribution in [3.8, 4) is 0 Å². The molecule has 2 atom stereocenters. The average Bonchev–Trinajstić information content (AvgIpc) is 2.87. The van der Waals surface area contributed by atoms with Gasteiger partial charge in [-0.3, -0.25) is 19.8 Å². The number of hydrogen-bond acceptors (Lipinski definition) is 4. The molecule has 1 N–H and O–H groups in total. The molecule has 0 saturated carbocycles. The largest absolute Gasteiger partial charge is 0.331 e. The van der Waals surface area contributed by atoms with Gasteiger partial charge in [0.1, 0.15) is 5.92 Å². The van der Waals surface area contributed by atoms with Crippen molar-refractivity contribution in [2.75, 3.05) is 0 Å². The lowest BCUT2D eigenvalue weighted by atomic mass is 9.97. The van der Waals surface area contributed by atoms with Gasteiger partial charge in [-0.05, 0) is 42.2 Å². The van der Waals surface area contributed by atoms with Crippen molar-refractivity contribution in [2.24, 2.45) is 5.92 Å². The summed E-state index contributed by atoms with van der Waals surface area (Å²) in [7, 11) is 0. The predicted molar refractivity (Wildman–Crippen MR) is 76.3 cm³/mol. The number of carbonyl (C=O) groups excluding carboxylic acids is 3. The van der Waals surface area contributed by atoms with Crippen LogP contribution in [0.25, 0.3) is 0 Å². The number of urea groups is 1. The van der Waals surface area contributed by atoms with E-state index in [9.17, 15) is 14.4 Å². The van der Waals surface area contributed by atoms with E-state index < -0.39 is 17.9 Å². The number of hydrogen-bond donors (Lipinski definition) is 1. The fourth-order valence-electron chi connectivity index (χ4n) is 2.43. The van der Waals surface area contributed by atoms with E-state index in [1.807, 2.05) is 30.7 Å². The summed E-state index contributed by atoms with van der Waals surface area (Å²) in [6.07, 6.45) is 1.81. The van der Waals surface area contributed by atoms with Gasteiger partial charge in [0, 0.05) is 6.04 Å². The van der Waals surface area contributed by atoms with Crippen LogP contribution in [0.3, 0.4) is 0 Å². The summed E-state index contributed by atoms with van der Waals surface area (Å²) in [5, 5.41) is 6.24. The van der Waals surface area contributed by atoms with E-state index >= 15 is 0 Å². The average molecular weight is 294 g/mol. The Morgan fingerprint density at radius 3 is 2.75 bits per heavy atom. The van der Waals surface area contributed by atoms with Crippen molar-refractivity contribution < 1.29 is 14.4 Å². The lowest BCUT2D eigenvalue weighted by Gasteiger charge is -2.34. The van der Waals surface area contributed by atoms with Crippen molar-refractivity contribution in [2.45, 2.75) is 39.2 Å². The molecule has 1 saturated heterocycles. The third-order valence-corrected chi connectivity index (χ3v) is 4.16. The van der Waals surface area contributed by atoms with Crippen LogP contribution in [0.5, 0.6) is 0 Å². The van der Waals surface area contributed by atoms with Crippen LogP contribution in [-0.2, 0) is 16.0 Å². The van der Waals surface area contributed by atoms with E-state index in [4.69, 9.17) is 0 Å². The van der Waals surface area contributed by atoms with Crippen LogP contribution < -0.4 is 5.32 Å². The van der Waals surface area contributed by atoms with E-state index in [0.29, 0.717) is 12.8 Å². The maximum atomic E-state index is 12.4. The first-order chi connectivity index (χ1) is 9.54. The Kier molecular flexibility index (Phi) is 4.54. The number of barbiturate groups is 1. The molecule has 4 amide bonds. The highest BCUT2D eigenvalue weighted by Gasteiger charge is 2.41. The second-order valence-electron chi connectivity index (χ2n) is 5.03. The highest BCUT2D eigenvalue weighted by Crippen LogP contribution is 2.20. The molecular weight excluding hydrogens is 276 g/mol. The fourth-order valence-corrected chi connectivity index (χ4v) is 3.12. The summed E-state index contributed by atoms with van der Waals surface area (Å²) >= 11 is 1.58. The SMILES string of the molecule is CCCC1C(=O)NC(=O)N(C(C)Cc2ccsc2)C1=O. The molecule has 0 aliphatic carbocycles. The van der Waals surface area contributed by atoms with Gasteiger partial charge in [0.25, 0.3) is 0 Å². The summed E-state index contributed by atoms with van der Waals surface area (Å²) in [6.45, 7) is 3.74. The van der Waals surface area contributed by atoms with Crippen molar-refractivity contribution in [3.63, 3.8) is 0 Å². The van der Waals surface area contributed by atoms with Crippen LogP contribution in [0.4, 0.5) is 4.79 Å². The molecule has 1 aliphatic heterocycles. The van der Waals surface area contributed by atoms with Gasteiger partial charge in [0.05, 0.1) is 0 Å². The molecule has 108 valence electrons. The number of nitrogens with zero attached hydrogens (tertiary/aromatic N) is 1. The molecule has 0 radical (unpaired) electrons. The Bertz CT molecular complexity index is 512. The fraction of sp³-hybridized carbons (Fsp3) is 0.500. The van der Waals surface area contributed by atoms with Gasteiger partial charge < -0.3 is 0 Å².